The van der Waals surface area contributed by atoms with Gasteiger partial charge in [0.2, 0.25) is 0 Å². The summed E-state index contributed by atoms with van der Waals surface area (Å²) in [5.74, 6) is 0. The summed E-state index contributed by atoms with van der Waals surface area (Å²) < 4.78 is 23.9. The number of rotatable bonds is 4. The van der Waals surface area contributed by atoms with Gasteiger partial charge in [-0.1, -0.05) is 12.1 Å². The zero-order valence-electron chi connectivity index (χ0n) is 12.4. The fraction of sp³-hybridized carbons (Fsp3) is 0.571. The van der Waals surface area contributed by atoms with E-state index in [1.165, 1.54) is 6.26 Å². The summed E-state index contributed by atoms with van der Waals surface area (Å²) in [6.07, 6.45) is 3.39. The number of thioether (sulfide) groups is 1. The van der Waals surface area contributed by atoms with Crippen LogP contribution in [0, 0.1) is 0 Å². The van der Waals surface area contributed by atoms with Gasteiger partial charge in [-0.2, -0.15) is 11.8 Å². The number of likely N-dealkylation sites (N-methyl/N-ethyl adjacent to an activating group) is 1. The standard InChI is InChI=1S/C14H22N2O2S2/c1-15(2)12-9-16(10-13(12)19-3)11-7-5-6-8-14(11)20(4,17)18/h5-8,12-13H,9-10H2,1-4H3. The Morgan fingerprint density at radius 3 is 2.40 bits per heavy atom. The fourth-order valence-electron chi connectivity index (χ4n) is 2.71. The third-order valence-corrected chi connectivity index (χ3v) is 6.02. The van der Waals surface area contributed by atoms with Crippen molar-refractivity contribution in [3.63, 3.8) is 0 Å². The van der Waals surface area contributed by atoms with E-state index in [2.05, 4.69) is 30.2 Å². The van der Waals surface area contributed by atoms with Crippen molar-refractivity contribution in [2.45, 2.75) is 16.2 Å². The first-order valence-corrected chi connectivity index (χ1v) is 9.75. The molecule has 1 aromatic carbocycles. The van der Waals surface area contributed by atoms with Crippen LogP contribution in [0.2, 0.25) is 0 Å². The molecular weight excluding hydrogens is 292 g/mol. The number of anilines is 1. The van der Waals surface area contributed by atoms with Crippen molar-refractivity contribution >= 4 is 27.3 Å². The number of sulfone groups is 1. The van der Waals surface area contributed by atoms with Gasteiger partial charge in [0.05, 0.1) is 10.6 Å². The molecule has 1 aliphatic heterocycles. The lowest BCUT2D eigenvalue weighted by molar-refractivity contribution is 0.320. The highest BCUT2D eigenvalue weighted by Gasteiger charge is 2.35. The van der Waals surface area contributed by atoms with Crippen molar-refractivity contribution in [1.29, 1.82) is 0 Å². The quantitative estimate of drug-likeness (QED) is 0.844. The maximum atomic E-state index is 11.9. The molecule has 4 nitrogen and oxygen atoms in total. The summed E-state index contributed by atoms with van der Waals surface area (Å²) in [7, 11) is 0.971. The number of benzene rings is 1. The van der Waals surface area contributed by atoms with Crippen LogP contribution in [0.15, 0.2) is 29.2 Å². The lowest BCUT2D eigenvalue weighted by atomic mass is 10.2. The second-order valence-electron chi connectivity index (χ2n) is 5.45. The molecule has 0 N–H and O–H groups in total. The first kappa shape index (κ1) is 15.7. The minimum absolute atomic E-state index is 0.430. The Kier molecular flexibility index (Phi) is 4.66. The third-order valence-electron chi connectivity index (χ3n) is 3.81. The molecule has 1 fully saturated rings. The SMILES string of the molecule is CSC1CN(c2ccccc2S(C)(=O)=O)CC1N(C)C. The smallest absolute Gasteiger partial charge is 0.177 e. The van der Waals surface area contributed by atoms with E-state index in [0.717, 1.165) is 18.8 Å². The predicted octanol–water partition coefficient (Wildman–Crippen LogP) is 1.57. The number of para-hydroxylation sites is 1. The molecule has 1 aliphatic rings. The molecule has 1 aromatic rings. The molecule has 112 valence electrons. The Bertz CT molecular complexity index is 572. The van der Waals surface area contributed by atoms with E-state index in [4.69, 9.17) is 0 Å². The number of hydrogen-bond donors (Lipinski definition) is 0. The Morgan fingerprint density at radius 2 is 1.90 bits per heavy atom. The van der Waals surface area contributed by atoms with E-state index in [9.17, 15) is 8.42 Å². The van der Waals surface area contributed by atoms with E-state index in [-0.39, 0.29) is 0 Å². The summed E-state index contributed by atoms with van der Waals surface area (Å²) in [6, 6.07) is 7.73. The average molecular weight is 314 g/mol. The summed E-state index contributed by atoms with van der Waals surface area (Å²) in [5.41, 5.74) is 0.832. The zero-order valence-corrected chi connectivity index (χ0v) is 14.0. The zero-order chi connectivity index (χ0) is 14.9. The van der Waals surface area contributed by atoms with Gasteiger partial charge < -0.3 is 9.80 Å². The van der Waals surface area contributed by atoms with Gasteiger partial charge in [0.15, 0.2) is 9.84 Å². The minimum atomic E-state index is -3.19. The molecule has 0 amide bonds. The van der Waals surface area contributed by atoms with Crippen molar-refractivity contribution in [3.05, 3.63) is 24.3 Å². The highest BCUT2D eigenvalue weighted by molar-refractivity contribution is 7.99. The van der Waals surface area contributed by atoms with Crippen LogP contribution in [0.1, 0.15) is 0 Å². The summed E-state index contributed by atoms with van der Waals surface area (Å²) in [6.45, 7) is 1.75. The normalized spacial score (nSPS) is 23.6. The van der Waals surface area contributed by atoms with Crippen molar-refractivity contribution in [3.8, 4) is 0 Å². The molecule has 2 unspecified atom stereocenters. The molecular formula is C14H22N2O2S2. The van der Waals surface area contributed by atoms with Crippen LogP contribution < -0.4 is 4.90 Å². The molecule has 1 saturated heterocycles. The van der Waals surface area contributed by atoms with Crippen LogP contribution in [0.3, 0.4) is 0 Å². The first-order valence-electron chi connectivity index (χ1n) is 6.58. The Labute approximate surface area is 126 Å². The van der Waals surface area contributed by atoms with Crippen molar-refractivity contribution in [2.75, 3.05) is 44.6 Å². The van der Waals surface area contributed by atoms with Crippen molar-refractivity contribution in [2.24, 2.45) is 0 Å². The molecule has 0 saturated carbocycles. The average Bonchev–Trinajstić information content (AvgIpc) is 2.82. The van der Waals surface area contributed by atoms with Crippen LogP contribution >= 0.6 is 11.8 Å². The molecule has 20 heavy (non-hydrogen) atoms. The maximum Gasteiger partial charge on any atom is 0.177 e. The van der Waals surface area contributed by atoms with Gasteiger partial charge in [0.25, 0.3) is 0 Å². The minimum Gasteiger partial charge on any atom is -0.368 e. The molecule has 1 heterocycles. The molecule has 2 atom stereocenters. The highest BCUT2D eigenvalue weighted by atomic mass is 32.2. The van der Waals surface area contributed by atoms with Crippen molar-refractivity contribution < 1.29 is 8.42 Å². The molecule has 2 rings (SSSR count). The molecule has 6 heteroatoms. The van der Waals surface area contributed by atoms with Gasteiger partial charge in [0.1, 0.15) is 0 Å². The second kappa shape index (κ2) is 5.95. The van der Waals surface area contributed by atoms with E-state index in [0.29, 0.717) is 16.2 Å². The van der Waals surface area contributed by atoms with Crippen LogP contribution in [-0.2, 0) is 9.84 Å². The Hall–Kier alpha value is -0.720. The van der Waals surface area contributed by atoms with E-state index in [1.807, 2.05) is 23.9 Å². The van der Waals surface area contributed by atoms with Gasteiger partial charge >= 0.3 is 0 Å². The Balaban J connectivity index is 2.35. The van der Waals surface area contributed by atoms with E-state index >= 15 is 0 Å². The van der Waals surface area contributed by atoms with Gasteiger partial charge in [-0.3, -0.25) is 0 Å². The molecule has 0 aliphatic carbocycles. The van der Waals surface area contributed by atoms with Crippen LogP contribution in [0.4, 0.5) is 5.69 Å². The van der Waals surface area contributed by atoms with Gasteiger partial charge in [0, 0.05) is 30.6 Å². The lowest BCUT2D eigenvalue weighted by Crippen LogP contribution is -2.36. The van der Waals surface area contributed by atoms with Gasteiger partial charge in [-0.05, 0) is 32.5 Å². The molecule has 0 bridgehead atoms. The third kappa shape index (κ3) is 3.13. The lowest BCUT2D eigenvalue weighted by Gasteiger charge is -2.24. The monoisotopic (exact) mass is 314 g/mol. The Morgan fingerprint density at radius 1 is 1.25 bits per heavy atom. The number of hydrogen-bond acceptors (Lipinski definition) is 5. The molecule has 0 radical (unpaired) electrons. The maximum absolute atomic E-state index is 11.9. The van der Waals surface area contributed by atoms with Gasteiger partial charge in [-0.15, -0.1) is 0 Å². The predicted molar refractivity (Wildman–Crippen MR) is 86.5 cm³/mol. The topological polar surface area (TPSA) is 40.6 Å². The van der Waals surface area contributed by atoms with Crippen molar-refractivity contribution in [1.82, 2.24) is 4.90 Å². The largest absolute Gasteiger partial charge is 0.368 e. The van der Waals surface area contributed by atoms with Crippen LogP contribution in [0.5, 0.6) is 0 Å². The number of nitrogens with zero attached hydrogens (tertiary/aromatic N) is 2. The molecule has 0 aromatic heterocycles. The van der Waals surface area contributed by atoms with E-state index in [1.54, 1.807) is 12.1 Å². The summed E-state index contributed by atoms with van der Waals surface area (Å²) in [4.78, 5) is 4.85. The summed E-state index contributed by atoms with van der Waals surface area (Å²) >= 11 is 1.85. The molecule has 0 spiro atoms. The van der Waals surface area contributed by atoms with Gasteiger partial charge in [-0.25, -0.2) is 8.42 Å². The fourth-order valence-corrected chi connectivity index (χ4v) is 4.59. The van der Waals surface area contributed by atoms with E-state index < -0.39 is 9.84 Å². The van der Waals surface area contributed by atoms with Crippen LogP contribution in [-0.4, -0.2) is 64.3 Å². The second-order valence-corrected chi connectivity index (χ2v) is 8.51. The first-order chi connectivity index (χ1) is 9.34. The van der Waals surface area contributed by atoms with Crippen LogP contribution in [0.25, 0.3) is 0 Å². The highest BCUT2D eigenvalue weighted by Crippen LogP contribution is 2.32. The summed E-state index contributed by atoms with van der Waals surface area (Å²) in [5, 5.41) is 0.498.